The predicted molar refractivity (Wildman–Crippen MR) is 126 cm³/mol. The van der Waals surface area contributed by atoms with Gasteiger partial charge in [-0.25, -0.2) is 13.2 Å². The number of benzene rings is 2. The molecule has 1 saturated carbocycles. The van der Waals surface area contributed by atoms with E-state index in [0.717, 1.165) is 30.0 Å². The van der Waals surface area contributed by atoms with Crippen molar-refractivity contribution in [2.45, 2.75) is 25.8 Å². The fourth-order valence-electron chi connectivity index (χ4n) is 4.58. The Morgan fingerprint density at radius 2 is 1.85 bits per heavy atom. The SMILES string of the molecule is CC(=O)N1CCN(Cc2cccc(-c3ccc4c(c3)N(C)SN4CC3CC3(F)F)c2F)CC1. The second-order valence-electron chi connectivity index (χ2n) is 9.07. The fourth-order valence-corrected chi connectivity index (χ4v) is 5.59. The van der Waals surface area contributed by atoms with E-state index in [0.29, 0.717) is 37.3 Å². The maximum absolute atomic E-state index is 15.5. The Bertz CT molecular complexity index is 1070. The number of fused-ring (bicyclic) bond motifs is 1. The highest BCUT2D eigenvalue weighted by atomic mass is 32.2. The number of halogens is 3. The highest BCUT2D eigenvalue weighted by Gasteiger charge is 2.57. The van der Waals surface area contributed by atoms with E-state index in [9.17, 15) is 13.6 Å². The van der Waals surface area contributed by atoms with Crippen molar-refractivity contribution >= 4 is 29.4 Å². The van der Waals surface area contributed by atoms with Gasteiger partial charge >= 0.3 is 0 Å². The van der Waals surface area contributed by atoms with Gasteiger partial charge in [0.05, 0.1) is 23.5 Å². The van der Waals surface area contributed by atoms with Crippen LogP contribution in [0.3, 0.4) is 0 Å². The third-order valence-electron chi connectivity index (χ3n) is 6.75. The van der Waals surface area contributed by atoms with Gasteiger partial charge in [-0.3, -0.25) is 18.3 Å². The van der Waals surface area contributed by atoms with Gasteiger partial charge in [0.15, 0.2) is 0 Å². The lowest BCUT2D eigenvalue weighted by Crippen LogP contribution is -2.47. The molecule has 1 amide bonds. The summed E-state index contributed by atoms with van der Waals surface area (Å²) in [5, 5.41) is 0. The molecule has 5 nitrogen and oxygen atoms in total. The van der Waals surface area contributed by atoms with Crippen LogP contribution in [-0.2, 0) is 11.3 Å². The standard InChI is InChI=1S/C24H27F3N4OS/c1-16(32)30-10-8-29(9-11-30)14-18-4-3-5-20(23(18)25)17-6-7-21-22(12-17)28(2)33-31(21)15-19-13-24(19,26)27/h3-7,12,19H,8-11,13-15H2,1-2H3. The highest BCUT2D eigenvalue weighted by Crippen LogP contribution is 2.53. The van der Waals surface area contributed by atoms with Crippen molar-refractivity contribution in [1.29, 1.82) is 0 Å². The topological polar surface area (TPSA) is 30.0 Å². The molecule has 176 valence electrons. The molecular weight excluding hydrogens is 449 g/mol. The summed E-state index contributed by atoms with van der Waals surface area (Å²) in [6.07, 6.45) is -0.0526. The van der Waals surface area contributed by atoms with Gasteiger partial charge in [-0.05, 0) is 17.7 Å². The van der Waals surface area contributed by atoms with Gasteiger partial charge in [-0.2, -0.15) is 0 Å². The Labute approximate surface area is 196 Å². The third-order valence-corrected chi connectivity index (χ3v) is 7.73. The number of piperazine rings is 1. The van der Waals surface area contributed by atoms with E-state index >= 15 is 4.39 Å². The van der Waals surface area contributed by atoms with Crippen LogP contribution in [0.2, 0.25) is 0 Å². The summed E-state index contributed by atoms with van der Waals surface area (Å²) >= 11 is 1.41. The summed E-state index contributed by atoms with van der Waals surface area (Å²) in [4.78, 5) is 15.5. The molecule has 9 heteroatoms. The van der Waals surface area contributed by atoms with Gasteiger partial charge in [0.2, 0.25) is 5.91 Å². The van der Waals surface area contributed by atoms with Crippen LogP contribution in [0.1, 0.15) is 18.9 Å². The van der Waals surface area contributed by atoms with Crippen molar-refractivity contribution in [3.8, 4) is 11.1 Å². The van der Waals surface area contributed by atoms with Crippen LogP contribution in [0.5, 0.6) is 0 Å². The number of hydrogen-bond donors (Lipinski definition) is 0. The molecule has 0 N–H and O–H groups in total. The fraction of sp³-hybridized carbons (Fsp3) is 0.458. The van der Waals surface area contributed by atoms with Crippen molar-refractivity contribution < 1.29 is 18.0 Å². The molecule has 5 rings (SSSR count). The molecule has 1 saturated heterocycles. The first-order chi connectivity index (χ1) is 15.7. The molecule has 2 fully saturated rings. The third kappa shape index (κ3) is 4.40. The predicted octanol–water partition coefficient (Wildman–Crippen LogP) is 4.63. The van der Waals surface area contributed by atoms with Gasteiger partial charge in [0, 0.05) is 76.7 Å². The molecule has 2 aliphatic heterocycles. The summed E-state index contributed by atoms with van der Waals surface area (Å²) in [5.74, 6) is -3.32. The van der Waals surface area contributed by atoms with E-state index in [2.05, 4.69) is 4.90 Å². The van der Waals surface area contributed by atoms with Crippen molar-refractivity contribution in [3.05, 3.63) is 47.8 Å². The van der Waals surface area contributed by atoms with Crippen LogP contribution in [0.4, 0.5) is 24.5 Å². The number of carbonyl (C=O) groups excluding carboxylic acids is 1. The molecular formula is C24H27F3N4OS. The minimum atomic E-state index is -2.55. The van der Waals surface area contributed by atoms with Crippen molar-refractivity contribution in [3.63, 3.8) is 0 Å². The Kier molecular flexibility index (Phi) is 5.73. The Morgan fingerprint density at radius 1 is 1.12 bits per heavy atom. The number of nitrogens with zero attached hydrogens (tertiary/aromatic N) is 4. The lowest BCUT2D eigenvalue weighted by atomic mass is 10.0. The number of hydrogen-bond acceptors (Lipinski definition) is 5. The van der Waals surface area contributed by atoms with Gasteiger partial charge in [0.25, 0.3) is 5.92 Å². The largest absolute Gasteiger partial charge is 0.340 e. The average Bonchev–Trinajstić information content (AvgIpc) is 3.27. The van der Waals surface area contributed by atoms with Crippen molar-refractivity contribution in [2.75, 3.05) is 48.4 Å². The molecule has 1 aliphatic carbocycles. The minimum Gasteiger partial charge on any atom is -0.340 e. The first kappa shape index (κ1) is 22.4. The first-order valence-corrected chi connectivity index (χ1v) is 11.9. The second-order valence-corrected chi connectivity index (χ2v) is 10.2. The normalized spacial score (nSPS) is 22.0. The van der Waals surface area contributed by atoms with Gasteiger partial charge in [0.1, 0.15) is 5.82 Å². The monoisotopic (exact) mass is 476 g/mol. The van der Waals surface area contributed by atoms with Crippen LogP contribution in [0, 0.1) is 11.7 Å². The van der Waals surface area contributed by atoms with E-state index in [1.54, 1.807) is 13.0 Å². The lowest BCUT2D eigenvalue weighted by Gasteiger charge is -2.34. The summed E-state index contributed by atoms with van der Waals surface area (Å²) in [7, 11) is 1.89. The minimum absolute atomic E-state index is 0.0526. The average molecular weight is 477 g/mol. The van der Waals surface area contributed by atoms with E-state index < -0.39 is 11.8 Å². The summed E-state index contributed by atoms with van der Waals surface area (Å²) in [6.45, 7) is 5.14. The Hall–Kier alpha value is -2.39. The number of amides is 1. The number of carbonyl (C=O) groups is 1. The highest BCUT2D eigenvalue weighted by molar-refractivity contribution is 8.02. The molecule has 0 aromatic heterocycles. The molecule has 2 aromatic carbocycles. The van der Waals surface area contributed by atoms with E-state index in [-0.39, 0.29) is 18.1 Å². The van der Waals surface area contributed by atoms with Crippen LogP contribution in [0.25, 0.3) is 11.1 Å². The zero-order valence-electron chi connectivity index (χ0n) is 18.7. The van der Waals surface area contributed by atoms with Crippen LogP contribution < -0.4 is 8.61 Å². The number of rotatable bonds is 5. The first-order valence-electron chi connectivity index (χ1n) is 11.2. The second kappa shape index (κ2) is 8.43. The zero-order valence-corrected chi connectivity index (χ0v) is 19.5. The molecule has 33 heavy (non-hydrogen) atoms. The van der Waals surface area contributed by atoms with Crippen LogP contribution >= 0.6 is 12.1 Å². The van der Waals surface area contributed by atoms with Gasteiger partial charge in [-0.15, -0.1) is 0 Å². The molecule has 2 heterocycles. The summed E-state index contributed by atoms with van der Waals surface area (Å²) in [5.41, 5.74) is 3.70. The van der Waals surface area contributed by atoms with E-state index in [4.69, 9.17) is 0 Å². The molecule has 0 radical (unpaired) electrons. The Balaban J connectivity index is 1.33. The molecule has 1 unspecified atom stereocenters. The summed E-state index contributed by atoms with van der Waals surface area (Å²) in [6, 6.07) is 11.1. The number of alkyl halides is 2. The van der Waals surface area contributed by atoms with Crippen molar-refractivity contribution in [1.82, 2.24) is 9.80 Å². The molecule has 1 atom stereocenters. The quantitative estimate of drug-likeness (QED) is 0.587. The van der Waals surface area contributed by atoms with Gasteiger partial charge < -0.3 is 4.90 Å². The van der Waals surface area contributed by atoms with Crippen molar-refractivity contribution in [2.24, 2.45) is 5.92 Å². The zero-order chi connectivity index (χ0) is 23.3. The van der Waals surface area contributed by atoms with E-state index in [1.165, 1.54) is 12.1 Å². The number of anilines is 2. The van der Waals surface area contributed by atoms with Crippen LogP contribution in [0.15, 0.2) is 36.4 Å². The molecule has 0 spiro atoms. The lowest BCUT2D eigenvalue weighted by molar-refractivity contribution is -0.130. The Morgan fingerprint density at radius 3 is 2.52 bits per heavy atom. The maximum Gasteiger partial charge on any atom is 0.253 e. The van der Waals surface area contributed by atoms with Gasteiger partial charge in [-0.1, -0.05) is 24.3 Å². The molecule has 0 bridgehead atoms. The van der Waals surface area contributed by atoms with E-state index in [1.807, 2.05) is 50.9 Å². The maximum atomic E-state index is 15.5. The molecule has 3 aliphatic rings. The smallest absolute Gasteiger partial charge is 0.253 e. The molecule has 2 aromatic rings. The van der Waals surface area contributed by atoms with Crippen LogP contribution in [-0.4, -0.2) is 61.4 Å². The summed E-state index contributed by atoms with van der Waals surface area (Å²) < 4.78 is 46.1.